The Morgan fingerprint density at radius 1 is 1.23 bits per heavy atom. The van der Waals surface area contributed by atoms with E-state index in [1.807, 2.05) is 0 Å². The Labute approximate surface area is 180 Å². The van der Waals surface area contributed by atoms with Gasteiger partial charge in [-0.3, -0.25) is 4.99 Å². The second-order valence-electron chi connectivity index (χ2n) is 8.35. The highest BCUT2D eigenvalue weighted by Crippen LogP contribution is 2.19. The van der Waals surface area contributed by atoms with Crippen LogP contribution in [0.1, 0.15) is 44.6 Å². The predicted octanol–water partition coefficient (Wildman–Crippen LogP) is 3.73. The van der Waals surface area contributed by atoms with Gasteiger partial charge in [-0.1, -0.05) is 18.2 Å². The fourth-order valence-corrected chi connectivity index (χ4v) is 4.46. The van der Waals surface area contributed by atoms with Crippen molar-refractivity contribution in [2.45, 2.75) is 57.7 Å². The number of hydrogen-bond acceptors (Lipinski definition) is 3. The molecule has 6 nitrogen and oxygen atoms in total. The predicted molar refractivity (Wildman–Crippen MR) is 122 cm³/mol. The van der Waals surface area contributed by atoms with Crippen molar-refractivity contribution >= 4 is 16.9 Å². The van der Waals surface area contributed by atoms with Gasteiger partial charge in [0.05, 0.1) is 18.8 Å². The van der Waals surface area contributed by atoms with Crippen molar-refractivity contribution < 1.29 is 9.47 Å². The number of guanidine groups is 1. The molecule has 0 radical (unpaired) electrons. The minimum absolute atomic E-state index is 0.306. The number of aliphatic imine (C=N–C) groups is 1. The topological polar surface area (TPSA) is 61.9 Å². The minimum atomic E-state index is 0.306. The van der Waals surface area contributed by atoms with Crippen molar-refractivity contribution in [2.24, 2.45) is 4.99 Å². The third kappa shape index (κ3) is 5.55. The van der Waals surface area contributed by atoms with Crippen molar-refractivity contribution in [1.82, 2.24) is 15.2 Å². The normalized spacial score (nSPS) is 21.3. The maximum absolute atomic E-state index is 6.17. The van der Waals surface area contributed by atoms with Gasteiger partial charge < -0.3 is 24.7 Å². The van der Waals surface area contributed by atoms with Crippen LogP contribution in [0.5, 0.6) is 0 Å². The molecular weight excluding hydrogens is 376 g/mol. The first-order valence-electron chi connectivity index (χ1n) is 11.6. The smallest absolute Gasteiger partial charge is 0.193 e. The average molecular weight is 413 g/mol. The van der Waals surface area contributed by atoms with Crippen LogP contribution in [0.25, 0.3) is 10.9 Å². The Kier molecular flexibility index (Phi) is 7.65. The van der Waals surface area contributed by atoms with Crippen LogP contribution >= 0.6 is 0 Å². The summed E-state index contributed by atoms with van der Waals surface area (Å²) in [5, 5.41) is 4.78. The van der Waals surface area contributed by atoms with Crippen LogP contribution in [0.3, 0.4) is 0 Å². The standard InChI is InChI=1S/C24H36N4O2/c1-2-25-24(26-13-10-19-17-27-23-9-4-3-8-22(19)23)28-14-11-20(12-15-28)30-18-21-7-5-6-16-29-21/h3-4,8-9,17,20-21,27H,2,5-7,10-16,18H2,1H3,(H,25,26). The lowest BCUT2D eigenvalue weighted by Crippen LogP contribution is -2.47. The van der Waals surface area contributed by atoms with E-state index in [-0.39, 0.29) is 0 Å². The van der Waals surface area contributed by atoms with Gasteiger partial charge in [0.1, 0.15) is 0 Å². The molecule has 4 rings (SSSR count). The number of H-pyrrole nitrogens is 1. The molecule has 1 atom stereocenters. The van der Waals surface area contributed by atoms with E-state index in [0.717, 1.165) is 71.0 Å². The van der Waals surface area contributed by atoms with Crippen molar-refractivity contribution in [2.75, 3.05) is 39.4 Å². The molecule has 0 spiro atoms. The van der Waals surface area contributed by atoms with Crippen molar-refractivity contribution in [3.05, 3.63) is 36.0 Å². The second-order valence-corrected chi connectivity index (χ2v) is 8.35. The molecule has 1 aromatic carbocycles. The molecule has 3 heterocycles. The lowest BCUT2D eigenvalue weighted by molar-refractivity contribution is -0.0721. The molecule has 0 bridgehead atoms. The second kappa shape index (κ2) is 10.8. The van der Waals surface area contributed by atoms with Gasteiger partial charge in [-0.15, -0.1) is 0 Å². The average Bonchev–Trinajstić information content (AvgIpc) is 3.21. The van der Waals surface area contributed by atoms with Crippen LogP contribution in [0.2, 0.25) is 0 Å². The zero-order chi connectivity index (χ0) is 20.6. The molecule has 2 saturated heterocycles. The molecule has 0 aliphatic carbocycles. The quantitative estimate of drug-likeness (QED) is 0.537. The summed E-state index contributed by atoms with van der Waals surface area (Å²) in [6.07, 6.45) is 9.44. The fourth-order valence-electron chi connectivity index (χ4n) is 4.46. The molecule has 1 aromatic heterocycles. The van der Waals surface area contributed by atoms with Crippen LogP contribution in [0.15, 0.2) is 35.5 Å². The maximum Gasteiger partial charge on any atom is 0.193 e. The Morgan fingerprint density at radius 2 is 2.10 bits per heavy atom. The van der Waals surface area contributed by atoms with E-state index in [2.05, 4.69) is 52.6 Å². The number of nitrogens with zero attached hydrogens (tertiary/aromatic N) is 2. The summed E-state index contributed by atoms with van der Waals surface area (Å²) in [5.74, 6) is 1.03. The largest absolute Gasteiger partial charge is 0.376 e. The van der Waals surface area contributed by atoms with Gasteiger partial charge >= 0.3 is 0 Å². The van der Waals surface area contributed by atoms with Gasteiger partial charge in [-0.2, -0.15) is 0 Å². The van der Waals surface area contributed by atoms with Crippen LogP contribution in [0, 0.1) is 0 Å². The summed E-state index contributed by atoms with van der Waals surface area (Å²) < 4.78 is 12.0. The van der Waals surface area contributed by atoms with Crippen LogP contribution < -0.4 is 5.32 Å². The number of fused-ring (bicyclic) bond motifs is 1. The summed E-state index contributed by atoms with van der Waals surface area (Å²) in [6.45, 7) is 7.46. The first kappa shape index (κ1) is 21.2. The van der Waals surface area contributed by atoms with Crippen molar-refractivity contribution in [1.29, 1.82) is 0 Å². The Morgan fingerprint density at radius 3 is 2.90 bits per heavy atom. The first-order valence-corrected chi connectivity index (χ1v) is 11.6. The zero-order valence-electron chi connectivity index (χ0n) is 18.2. The van der Waals surface area contributed by atoms with Gasteiger partial charge in [0.25, 0.3) is 0 Å². The number of para-hydroxylation sites is 1. The highest BCUT2D eigenvalue weighted by Gasteiger charge is 2.23. The lowest BCUT2D eigenvalue weighted by Gasteiger charge is -2.35. The Bertz CT molecular complexity index is 804. The number of hydrogen-bond donors (Lipinski definition) is 2. The summed E-state index contributed by atoms with van der Waals surface area (Å²) in [4.78, 5) is 10.7. The number of likely N-dealkylation sites (tertiary alicyclic amines) is 1. The van der Waals surface area contributed by atoms with Gasteiger partial charge in [-0.05, 0) is 57.1 Å². The SMILES string of the molecule is CCNC(=NCCc1c[nH]c2ccccc12)N1CCC(OCC2CCCCO2)CC1. The number of aromatic nitrogens is 1. The molecule has 0 amide bonds. The van der Waals surface area contributed by atoms with E-state index in [0.29, 0.717) is 12.2 Å². The summed E-state index contributed by atoms with van der Waals surface area (Å²) in [5.41, 5.74) is 2.53. The Balaban J connectivity index is 1.25. The van der Waals surface area contributed by atoms with Crippen molar-refractivity contribution in [3.63, 3.8) is 0 Å². The first-order chi connectivity index (χ1) is 14.8. The van der Waals surface area contributed by atoms with Gasteiger partial charge in [0, 0.05) is 49.9 Å². The molecule has 30 heavy (non-hydrogen) atoms. The third-order valence-electron chi connectivity index (χ3n) is 6.19. The van der Waals surface area contributed by atoms with Crippen LogP contribution in [-0.2, 0) is 15.9 Å². The number of rotatable bonds is 7. The highest BCUT2D eigenvalue weighted by molar-refractivity contribution is 5.83. The van der Waals surface area contributed by atoms with Crippen LogP contribution in [0.4, 0.5) is 0 Å². The molecular formula is C24H36N4O2. The van der Waals surface area contributed by atoms with Gasteiger partial charge in [-0.25, -0.2) is 0 Å². The molecule has 2 fully saturated rings. The molecule has 2 N–H and O–H groups in total. The lowest BCUT2D eigenvalue weighted by atomic mass is 10.1. The van der Waals surface area contributed by atoms with Gasteiger partial charge in [0.15, 0.2) is 5.96 Å². The molecule has 2 aliphatic rings. The fraction of sp³-hybridized carbons (Fsp3) is 0.625. The highest BCUT2D eigenvalue weighted by atomic mass is 16.5. The third-order valence-corrected chi connectivity index (χ3v) is 6.19. The summed E-state index contributed by atoms with van der Waals surface area (Å²) in [6, 6.07) is 8.47. The molecule has 1 unspecified atom stereocenters. The summed E-state index contributed by atoms with van der Waals surface area (Å²) in [7, 11) is 0. The number of nitrogens with one attached hydrogen (secondary N) is 2. The van der Waals surface area contributed by atoms with Crippen LogP contribution in [-0.4, -0.2) is 67.4 Å². The zero-order valence-corrected chi connectivity index (χ0v) is 18.2. The number of piperidine rings is 1. The number of benzene rings is 1. The molecule has 6 heteroatoms. The maximum atomic E-state index is 6.17. The Hall–Kier alpha value is -2.05. The van der Waals surface area contributed by atoms with E-state index in [1.54, 1.807) is 0 Å². The van der Waals surface area contributed by atoms with Gasteiger partial charge in [0.2, 0.25) is 0 Å². The number of aromatic amines is 1. The molecule has 2 aliphatic heterocycles. The molecule has 164 valence electrons. The molecule has 2 aromatic rings. The molecule has 0 saturated carbocycles. The van der Waals surface area contributed by atoms with E-state index in [1.165, 1.54) is 29.3 Å². The van der Waals surface area contributed by atoms with E-state index in [4.69, 9.17) is 14.5 Å². The monoisotopic (exact) mass is 412 g/mol. The van der Waals surface area contributed by atoms with E-state index < -0.39 is 0 Å². The van der Waals surface area contributed by atoms with E-state index in [9.17, 15) is 0 Å². The number of ether oxygens (including phenoxy) is 2. The summed E-state index contributed by atoms with van der Waals surface area (Å²) >= 11 is 0. The minimum Gasteiger partial charge on any atom is -0.376 e. The van der Waals surface area contributed by atoms with E-state index >= 15 is 0 Å². The van der Waals surface area contributed by atoms with Crippen molar-refractivity contribution in [3.8, 4) is 0 Å².